The van der Waals surface area contributed by atoms with Gasteiger partial charge in [-0.3, -0.25) is 44.9 Å². The molecule has 24 heteroatoms. The Labute approximate surface area is 612 Å². The number of aromatic nitrogens is 18. The van der Waals surface area contributed by atoms with Gasteiger partial charge in [0.05, 0.1) is 34.2 Å². The minimum atomic E-state index is 0.572. The Kier molecular flexibility index (Phi) is 19.3. The molecule has 0 aromatic carbocycles. The number of pyridine rings is 6. The van der Waals surface area contributed by atoms with Crippen molar-refractivity contribution in [1.82, 2.24) is 105 Å². The van der Waals surface area contributed by atoms with E-state index in [1.807, 2.05) is 116 Å². The maximum Gasteiger partial charge on any atom is 0.161 e. The molecule has 9 aliphatic heterocycles. The van der Waals surface area contributed by atoms with Crippen molar-refractivity contribution in [2.75, 3.05) is 54.0 Å². The molecule has 24 nitrogen and oxygen atoms in total. The molecule has 6 bridgehead atoms. The van der Waals surface area contributed by atoms with Crippen molar-refractivity contribution in [2.24, 2.45) is 0 Å². The van der Waals surface area contributed by atoms with Gasteiger partial charge in [-0.2, -0.15) is 15.3 Å². The molecule has 0 aliphatic carbocycles. The molecule has 0 amide bonds. The number of anilines is 3. The highest BCUT2D eigenvalue weighted by Crippen LogP contribution is 2.39. The molecule has 9 aliphatic rings. The number of nitrogens with zero attached hydrogens (tertiary/aromatic N) is 21. The second kappa shape index (κ2) is 29.7. The van der Waals surface area contributed by atoms with Gasteiger partial charge in [0, 0.05) is 221 Å². The fraction of sp³-hybridized carbons (Fsp3) is 0.370. The van der Waals surface area contributed by atoms with Crippen LogP contribution >= 0.6 is 0 Å². The third-order valence-corrected chi connectivity index (χ3v) is 21.4. The van der Waals surface area contributed by atoms with Crippen molar-refractivity contribution in [3.05, 3.63) is 248 Å². The van der Waals surface area contributed by atoms with Gasteiger partial charge in [0.15, 0.2) is 17.5 Å². The monoisotopic (exact) mass is 1400 g/mol. The van der Waals surface area contributed by atoms with Crippen LogP contribution in [0.1, 0.15) is 121 Å². The van der Waals surface area contributed by atoms with Crippen molar-refractivity contribution in [2.45, 2.75) is 157 Å². The van der Waals surface area contributed by atoms with Gasteiger partial charge < -0.3 is 14.7 Å². The first-order valence-electron chi connectivity index (χ1n) is 36.7. The van der Waals surface area contributed by atoms with Crippen LogP contribution in [0.4, 0.5) is 17.5 Å². The van der Waals surface area contributed by atoms with Crippen LogP contribution in [0.2, 0.25) is 0 Å². The summed E-state index contributed by atoms with van der Waals surface area (Å²) in [5, 5.41) is 22.0. The topological polar surface area (TPSA) is 260 Å². The van der Waals surface area contributed by atoms with Crippen molar-refractivity contribution in [3.8, 4) is 34.2 Å². The van der Waals surface area contributed by atoms with Gasteiger partial charge in [0.25, 0.3) is 0 Å². The summed E-state index contributed by atoms with van der Waals surface area (Å²) in [5.74, 6) is 5.23. The van der Waals surface area contributed by atoms with Crippen molar-refractivity contribution < 1.29 is 0 Å². The van der Waals surface area contributed by atoms with Gasteiger partial charge in [-0.1, -0.05) is 6.07 Å². The Morgan fingerprint density at radius 1 is 0.343 bits per heavy atom. The number of aryl methyl sites for hydroxylation is 9. The van der Waals surface area contributed by atoms with E-state index in [0.29, 0.717) is 73.0 Å². The number of fused-ring (bicyclic) bond motifs is 6. The summed E-state index contributed by atoms with van der Waals surface area (Å²) in [6.07, 6.45) is 23.2. The Bertz CT molecular complexity index is 4780. The Balaban J connectivity index is 0.000000121. The van der Waals surface area contributed by atoms with Crippen LogP contribution in [0.3, 0.4) is 0 Å². The molecule has 12 aromatic rings. The number of aromatic amines is 3. The van der Waals surface area contributed by atoms with Gasteiger partial charge in [0.2, 0.25) is 0 Å². The maximum atomic E-state index is 4.80. The van der Waals surface area contributed by atoms with E-state index in [2.05, 4.69) is 183 Å². The van der Waals surface area contributed by atoms with Gasteiger partial charge in [-0.05, 0) is 200 Å². The number of nitrogens with one attached hydrogen (secondary N) is 3. The van der Waals surface area contributed by atoms with E-state index in [9.17, 15) is 0 Å². The van der Waals surface area contributed by atoms with E-state index in [1.54, 1.807) is 0 Å². The van der Waals surface area contributed by atoms with Gasteiger partial charge >= 0.3 is 0 Å². The van der Waals surface area contributed by atoms with Crippen LogP contribution in [0, 0.1) is 62.3 Å². The molecule has 3 N–H and O–H groups in total. The SMILES string of the molecule is Cc1cc(Cc2cc(C)[nH]n2)nc(-c2ccc(N3CC4CC(C3)N4Cc3cnccc3C)nc2)n1.Cc1cc(Cc2cc(C)[nH]n2)nc(-c2ccc(N3CC4CC(C3)N4Cc3cnccc3C)nc2)n1.Cc1cncc(CN2C3CC2CN(c2ccc(-c4nc(C)cc(Cc5cc(C)[nH]n5)n4)cn2)C3)c1. The van der Waals surface area contributed by atoms with Crippen molar-refractivity contribution in [1.29, 1.82) is 0 Å². The van der Waals surface area contributed by atoms with Crippen LogP contribution in [0.25, 0.3) is 34.2 Å². The molecule has 21 heterocycles. The minimum absolute atomic E-state index is 0.572. The van der Waals surface area contributed by atoms with Crippen LogP contribution in [-0.2, 0) is 38.9 Å². The van der Waals surface area contributed by atoms with Crippen LogP contribution in [0.15, 0.2) is 147 Å². The lowest BCUT2D eigenvalue weighted by atomic mass is 9.86. The van der Waals surface area contributed by atoms with E-state index >= 15 is 0 Å². The smallest absolute Gasteiger partial charge is 0.161 e. The number of hydrogen-bond donors (Lipinski definition) is 3. The largest absolute Gasteiger partial charge is 0.353 e. The molecule has 105 heavy (non-hydrogen) atoms. The summed E-state index contributed by atoms with van der Waals surface area (Å²) < 4.78 is 0. The summed E-state index contributed by atoms with van der Waals surface area (Å²) >= 11 is 0. The summed E-state index contributed by atoms with van der Waals surface area (Å²) in [5.41, 5.74) is 22.5. The average molecular weight is 1400 g/mol. The molecule has 6 unspecified atom stereocenters. The highest BCUT2D eigenvalue weighted by molar-refractivity contribution is 5.60. The maximum absolute atomic E-state index is 4.80. The predicted octanol–water partition coefficient (Wildman–Crippen LogP) is 10.9. The molecular weight excluding hydrogens is 1310 g/mol. The highest BCUT2D eigenvalue weighted by Gasteiger charge is 2.47. The summed E-state index contributed by atoms with van der Waals surface area (Å²) in [4.78, 5) is 70.9. The molecule has 21 rings (SSSR count). The lowest BCUT2D eigenvalue weighted by Crippen LogP contribution is -2.68. The third kappa shape index (κ3) is 15.6. The fourth-order valence-corrected chi connectivity index (χ4v) is 16.0. The first-order chi connectivity index (χ1) is 51.0. The quantitative estimate of drug-likeness (QED) is 0.0721. The normalized spacial score (nSPS) is 19.6. The number of piperazine rings is 3. The Hall–Kier alpha value is -11.0. The molecule has 0 radical (unpaired) electrons. The van der Waals surface area contributed by atoms with E-state index in [4.69, 9.17) is 29.9 Å². The number of H-pyrrole nitrogens is 3. The zero-order chi connectivity index (χ0) is 71.8. The van der Waals surface area contributed by atoms with Crippen LogP contribution in [-0.4, -0.2) is 181 Å². The lowest BCUT2D eigenvalue weighted by molar-refractivity contribution is -0.00892. The highest BCUT2D eigenvalue weighted by atomic mass is 15.4. The van der Waals surface area contributed by atoms with Crippen LogP contribution in [0.5, 0.6) is 0 Å². The summed E-state index contributed by atoms with van der Waals surface area (Å²) in [6.45, 7) is 27.5. The van der Waals surface area contributed by atoms with Crippen molar-refractivity contribution >= 4 is 17.5 Å². The zero-order valence-corrected chi connectivity index (χ0v) is 61.3. The molecule has 9 saturated heterocycles. The average Bonchev–Trinajstić information content (AvgIpc) is 1.16. The minimum Gasteiger partial charge on any atom is -0.353 e. The predicted molar refractivity (Wildman–Crippen MR) is 405 cm³/mol. The second-order valence-corrected chi connectivity index (χ2v) is 29.7. The molecule has 534 valence electrons. The number of piperidine rings is 3. The molecule has 0 saturated carbocycles. The molecule has 12 aromatic heterocycles. The molecule has 6 atom stereocenters. The van der Waals surface area contributed by atoms with Gasteiger partial charge in [-0.25, -0.2) is 44.9 Å². The summed E-state index contributed by atoms with van der Waals surface area (Å²) in [7, 11) is 0. The zero-order valence-electron chi connectivity index (χ0n) is 61.3. The fourth-order valence-electron chi connectivity index (χ4n) is 16.0. The van der Waals surface area contributed by atoms with E-state index in [-0.39, 0.29) is 0 Å². The third-order valence-electron chi connectivity index (χ3n) is 21.4. The second-order valence-electron chi connectivity index (χ2n) is 29.7. The first kappa shape index (κ1) is 68.5. The Morgan fingerprint density at radius 2 is 0.695 bits per heavy atom. The standard InChI is InChI=1S/3C27H30N8/c1-17-6-20(12-28-11-17)14-35-24-10-25(35)16-34(15-24)26-5-4-21(13-29-26)27-30-18(2)7-22(31-27)9-23-8-19(3)32-33-23;2*1-17-6-7-28-12-21(17)14-35-24-11-25(35)16-34(15-24)26-5-4-20(13-29-26)27-30-18(2)8-22(31-27)10-23-9-19(3)32-33-23/h4-8,11-13,24-25H,9-10,14-16H2,1-3H3,(H,32,33);2*4-9,12-13,24-25H,10-11,14-16H2,1-3H3,(H,32,33). The van der Waals surface area contributed by atoms with Crippen LogP contribution < -0.4 is 14.7 Å². The number of hydrogen-bond acceptors (Lipinski definition) is 21. The van der Waals surface area contributed by atoms with E-state index in [1.165, 1.54) is 52.6 Å². The number of rotatable bonds is 18. The first-order valence-corrected chi connectivity index (χ1v) is 36.7. The van der Waals surface area contributed by atoms with Gasteiger partial charge in [0.1, 0.15) is 17.5 Å². The Morgan fingerprint density at radius 3 is 1.00 bits per heavy atom. The molecular formula is C81H90N24. The van der Waals surface area contributed by atoms with E-state index < -0.39 is 0 Å². The molecule has 0 spiro atoms. The van der Waals surface area contributed by atoms with Gasteiger partial charge in [-0.15, -0.1) is 0 Å². The van der Waals surface area contributed by atoms with Crippen molar-refractivity contribution in [3.63, 3.8) is 0 Å². The summed E-state index contributed by atoms with van der Waals surface area (Å²) in [6, 6.07) is 34.7. The lowest BCUT2D eigenvalue weighted by Gasteiger charge is -2.56. The van der Waals surface area contributed by atoms with E-state index in [0.717, 1.165) is 161 Å². The molecule has 9 fully saturated rings.